The number of halogens is 1. The van der Waals surface area contributed by atoms with Crippen molar-refractivity contribution in [3.63, 3.8) is 0 Å². The summed E-state index contributed by atoms with van der Waals surface area (Å²) in [5, 5.41) is 11.0. The van der Waals surface area contributed by atoms with Crippen LogP contribution in [0, 0.1) is 24.2 Å². The molecule has 29 heavy (non-hydrogen) atoms. The topological polar surface area (TPSA) is 20.2 Å². The highest BCUT2D eigenvalue weighted by Gasteiger charge is 2.42. The molecule has 0 radical (unpaired) electrons. The molecule has 2 fully saturated rings. The van der Waals surface area contributed by atoms with Gasteiger partial charge in [-0.2, -0.15) is 0 Å². The second-order valence-electron chi connectivity index (χ2n) is 10.1. The lowest BCUT2D eigenvalue weighted by Gasteiger charge is -2.39. The Labute approximate surface area is 188 Å². The minimum Gasteiger partial charge on any atom is -0.393 e. The fourth-order valence-electron chi connectivity index (χ4n) is 6.22. The number of alkyl halides is 1. The molecule has 1 aromatic rings. The molecule has 0 bridgehead atoms. The predicted molar refractivity (Wildman–Crippen MR) is 128 cm³/mol. The van der Waals surface area contributed by atoms with Crippen LogP contribution in [0.3, 0.4) is 0 Å². The summed E-state index contributed by atoms with van der Waals surface area (Å²) in [6.07, 6.45) is 19.3. The number of hydrogen-bond donors (Lipinski definition) is 1. The first-order chi connectivity index (χ1) is 14.0. The zero-order valence-electron chi connectivity index (χ0n) is 18.8. The van der Waals surface area contributed by atoms with Crippen molar-refractivity contribution in [3.8, 4) is 0 Å². The number of aliphatic hydroxyl groups excluding tert-OH is 1. The number of aryl methyl sites for hydroxylation is 2. The molecule has 1 heterocycles. The Bertz CT molecular complexity index is 591. The third-order valence-electron chi connectivity index (χ3n) is 7.96. The van der Waals surface area contributed by atoms with E-state index in [1.165, 1.54) is 99.6 Å². The summed E-state index contributed by atoms with van der Waals surface area (Å²) in [6.45, 7) is 4.50. The summed E-state index contributed by atoms with van der Waals surface area (Å²) in [4.78, 5) is 2.91. The molecule has 1 N–H and O–H groups in total. The van der Waals surface area contributed by atoms with Crippen LogP contribution in [0.1, 0.15) is 107 Å². The van der Waals surface area contributed by atoms with E-state index in [2.05, 4.69) is 26.0 Å². The Morgan fingerprint density at radius 2 is 1.83 bits per heavy atom. The van der Waals surface area contributed by atoms with Crippen molar-refractivity contribution in [1.82, 2.24) is 0 Å². The molecule has 166 valence electrons. The van der Waals surface area contributed by atoms with Gasteiger partial charge in [-0.15, -0.1) is 22.9 Å². The second-order valence-corrected chi connectivity index (χ2v) is 12.0. The minimum absolute atomic E-state index is 0.169. The van der Waals surface area contributed by atoms with Crippen LogP contribution in [-0.4, -0.2) is 16.6 Å². The normalized spacial score (nSPS) is 29.4. The second kappa shape index (κ2) is 11.5. The molecule has 0 amide bonds. The summed E-state index contributed by atoms with van der Waals surface area (Å²) < 4.78 is 0. The average Bonchev–Trinajstić information content (AvgIpc) is 3.24. The SMILES string of the molecule is CCCCCC1(CC[C@@H]2[C@@H](CCCc3ccc(C)s3)[C@H](Cl)C[C@H]2O)CCCCC1. The van der Waals surface area contributed by atoms with Crippen LogP contribution >= 0.6 is 22.9 Å². The van der Waals surface area contributed by atoms with Gasteiger partial charge in [-0.1, -0.05) is 45.4 Å². The van der Waals surface area contributed by atoms with Crippen LogP contribution in [0.15, 0.2) is 12.1 Å². The van der Waals surface area contributed by atoms with Crippen molar-refractivity contribution in [2.24, 2.45) is 17.3 Å². The van der Waals surface area contributed by atoms with Crippen LogP contribution in [0.4, 0.5) is 0 Å². The molecule has 2 saturated carbocycles. The van der Waals surface area contributed by atoms with Crippen LogP contribution in [0.25, 0.3) is 0 Å². The van der Waals surface area contributed by atoms with Crippen LogP contribution in [-0.2, 0) is 6.42 Å². The van der Waals surface area contributed by atoms with E-state index < -0.39 is 0 Å². The third kappa shape index (κ3) is 6.71. The number of aliphatic hydroxyl groups is 1. The Morgan fingerprint density at radius 3 is 2.52 bits per heavy atom. The van der Waals surface area contributed by atoms with E-state index in [4.69, 9.17) is 11.6 Å². The third-order valence-corrected chi connectivity index (χ3v) is 9.53. The predicted octanol–water partition coefficient (Wildman–Crippen LogP) is 8.29. The van der Waals surface area contributed by atoms with Gasteiger partial charge in [0, 0.05) is 15.1 Å². The maximum absolute atomic E-state index is 10.8. The highest BCUT2D eigenvalue weighted by Crippen LogP contribution is 2.48. The summed E-state index contributed by atoms with van der Waals surface area (Å²) >= 11 is 8.68. The maximum atomic E-state index is 10.8. The fraction of sp³-hybridized carbons (Fsp3) is 0.846. The molecule has 1 nitrogen and oxygen atoms in total. The quantitative estimate of drug-likeness (QED) is 0.272. The van der Waals surface area contributed by atoms with Crippen molar-refractivity contribution in [1.29, 1.82) is 0 Å². The van der Waals surface area contributed by atoms with Gasteiger partial charge in [-0.3, -0.25) is 0 Å². The number of hydrogen-bond acceptors (Lipinski definition) is 2. The average molecular weight is 439 g/mol. The summed E-state index contributed by atoms with van der Waals surface area (Å²) in [5.74, 6) is 0.927. The molecule has 0 saturated heterocycles. The molecule has 0 aromatic carbocycles. The van der Waals surface area contributed by atoms with Crippen LogP contribution in [0.2, 0.25) is 0 Å². The molecule has 1 aromatic heterocycles. The van der Waals surface area contributed by atoms with Crippen molar-refractivity contribution >= 4 is 22.9 Å². The number of thiophene rings is 1. The van der Waals surface area contributed by atoms with Gasteiger partial charge >= 0.3 is 0 Å². The standard InChI is InChI=1S/C26H43ClOS/c1-3-4-6-15-26(16-7-5-8-17-26)18-14-23-22(24(27)19-25(23)28)11-9-10-21-13-12-20(2)29-21/h12-13,22-25,28H,3-11,14-19H2,1-2H3/t22-,23-,24-,25-/m1/s1. The Hall–Kier alpha value is -0.0500. The molecule has 2 aliphatic rings. The van der Waals surface area contributed by atoms with Gasteiger partial charge in [-0.05, 0) is 94.1 Å². The van der Waals surface area contributed by atoms with E-state index in [9.17, 15) is 5.11 Å². The fourth-order valence-corrected chi connectivity index (χ4v) is 7.64. The smallest absolute Gasteiger partial charge is 0.0585 e. The first-order valence-electron chi connectivity index (χ1n) is 12.4. The maximum Gasteiger partial charge on any atom is 0.0585 e. The Kier molecular flexibility index (Phi) is 9.39. The van der Waals surface area contributed by atoms with Gasteiger partial charge in [0.1, 0.15) is 0 Å². The molecule has 0 spiro atoms. The molecular formula is C26H43ClOS. The number of rotatable bonds is 11. The van der Waals surface area contributed by atoms with Gasteiger partial charge in [0.05, 0.1) is 6.10 Å². The first kappa shape index (κ1) is 23.6. The number of unbranched alkanes of at least 4 members (excludes halogenated alkanes) is 2. The lowest BCUT2D eigenvalue weighted by atomic mass is 9.66. The van der Waals surface area contributed by atoms with Crippen LogP contribution in [0.5, 0.6) is 0 Å². The Balaban J connectivity index is 1.54. The molecular weight excluding hydrogens is 396 g/mol. The van der Waals surface area contributed by atoms with Gasteiger partial charge in [0.2, 0.25) is 0 Å². The summed E-state index contributed by atoms with van der Waals surface area (Å²) in [6, 6.07) is 4.51. The van der Waals surface area contributed by atoms with E-state index in [-0.39, 0.29) is 11.5 Å². The highest BCUT2D eigenvalue weighted by atomic mass is 35.5. The zero-order valence-corrected chi connectivity index (χ0v) is 20.4. The van der Waals surface area contributed by atoms with E-state index in [0.717, 1.165) is 6.42 Å². The van der Waals surface area contributed by atoms with Gasteiger partial charge in [0.25, 0.3) is 0 Å². The lowest BCUT2D eigenvalue weighted by molar-refractivity contribution is 0.0799. The Morgan fingerprint density at radius 1 is 1.03 bits per heavy atom. The monoisotopic (exact) mass is 438 g/mol. The van der Waals surface area contributed by atoms with Crippen molar-refractivity contribution < 1.29 is 5.11 Å². The highest BCUT2D eigenvalue weighted by molar-refractivity contribution is 7.11. The van der Waals surface area contributed by atoms with Crippen molar-refractivity contribution in [2.75, 3.05) is 0 Å². The van der Waals surface area contributed by atoms with Gasteiger partial charge in [0.15, 0.2) is 0 Å². The van der Waals surface area contributed by atoms with E-state index in [0.29, 0.717) is 17.3 Å². The first-order valence-corrected chi connectivity index (χ1v) is 13.7. The molecule has 4 atom stereocenters. The largest absolute Gasteiger partial charge is 0.393 e. The molecule has 0 unspecified atom stereocenters. The molecule has 2 aliphatic carbocycles. The van der Waals surface area contributed by atoms with E-state index in [1.54, 1.807) is 0 Å². The molecule has 0 aliphatic heterocycles. The van der Waals surface area contributed by atoms with E-state index in [1.807, 2.05) is 11.3 Å². The molecule has 3 rings (SSSR count). The van der Waals surface area contributed by atoms with Crippen molar-refractivity contribution in [3.05, 3.63) is 21.9 Å². The van der Waals surface area contributed by atoms with Gasteiger partial charge < -0.3 is 5.11 Å². The zero-order chi connectivity index (χ0) is 20.7. The molecule has 3 heteroatoms. The van der Waals surface area contributed by atoms with Crippen LogP contribution < -0.4 is 0 Å². The minimum atomic E-state index is -0.178. The van der Waals surface area contributed by atoms with Gasteiger partial charge in [-0.25, -0.2) is 0 Å². The summed E-state index contributed by atoms with van der Waals surface area (Å²) in [7, 11) is 0. The van der Waals surface area contributed by atoms with E-state index >= 15 is 0 Å². The lowest BCUT2D eigenvalue weighted by Crippen LogP contribution is -2.28. The van der Waals surface area contributed by atoms with Crippen molar-refractivity contribution in [2.45, 2.75) is 122 Å². The summed E-state index contributed by atoms with van der Waals surface area (Å²) in [5.41, 5.74) is 0.566.